The zero-order valence-electron chi connectivity index (χ0n) is 20.3. The summed E-state index contributed by atoms with van der Waals surface area (Å²) in [5, 5.41) is 11.3. The Labute approximate surface area is 211 Å². The van der Waals surface area contributed by atoms with E-state index in [2.05, 4.69) is 49.8 Å². The number of hydrogen-bond acceptors (Lipinski definition) is 6. The summed E-state index contributed by atoms with van der Waals surface area (Å²) >= 11 is 3.47. The van der Waals surface area contributed by atoms with Crippen LogP contribution in [0.5, 0.6) is 5.75 Å². The maximum absolute atomic E-state index is 11.8. The van der Waals surface area contributed by atoms with Gasteiger partial charge in [-0.3, -0.25) is 4.90 Å². The molecule has 1 N–H and O–H groups in total. The molecule has 2 aliphatic rings. The summed E-state index contributed by atoms with van der Waals surface area (Å²) in [6, 6.07) is 16.2. The first kappa shape index (κ1) is 25.2. The van der Waals surface area contributed by atoms with Crippen LogP contribution in [0.3, 0.4) is 0 Å². The van der Waals surface area contributed by atoms with Crippen LogP contribution < -0.4 is 9.64 Å². The first-order valence-corrected chi connectivity index (χ1v) is 13.0. The number of likely N-dealkylation sites (N-methyl/N-ethyl adjacent to an activating group) is 1. The van der Waals surface area contributed by atoms with Gasteiger partial charge in [0.1, 0.15) is 11.5 Å². The molecule has 2 heterocycles. The Kier molecular flexibility index (Phi) is 8.30. The standard InChI is InChI=1S/C27H36BrN3O3/c1-21(32)7-12-26(31-15-13-27(33,14-16-31)22-8-10-23(28)11-9-22)34-25-6-4-3-5-24(25)30-19-17-29(2)18-20-30/h3-6,8-11,26,33H,7,12-20H2,1-2H3. The van der Waals surface area contributed by atoms with Gasteiger partial charge in [-0.15, -0.1) is 0 Å². The molecule has 1 atom stereocenters. The zero-order valence-corrected chi connectivity index (χ0v) is 21.8. The number of para-hydroxylation sites is 2. The summed E-state index contributed by atoms with van der Waals surface area (Å²) in [5.74, 6) is 1.04. The van der Waals surface area contributed by atoms with Crippen LogP contribution >= 0.6 is 15.9 Å². The van der Waals surface area contributed by atoms with E-state index in [1.54, 1.807) is 6.92 Å². The third kappa shape index (κ3) is 6.19. The van der Waals surface area contributed by atoms with Crippen molar-refractivity contribution in [2.75, 3.05) is 51.2 Å². The number of carbonyl (C=O) groups excluding carboxylic acids is 1. The summed E-state index contributed by atoms with van der Waals surface area (Å²) in [5.41, 5.74) is 1.24. The molecular formula is C27H36BrN3O3. The summed E-state index contributed by atoms with van der Waals surface area (Å²) in [4.78, 5) is 18.8. The number of rotatable bonds is 8. The number of ether oxygens (including phenoxy) is 1. The number of piperazine rings is 1. The number of piperidine rings is 1. The maximum atomic E-state index is 11.8. The highest BCUT2D eigenvalue weighted by molar-refractivity contribution is 9.10. The van der Waals surface area contributed by atoms with E-state index in [4.69, 9.17) is 4.74 Å². The van der Waals surface area contributed by atoms with Crippen LogP contribution in [0.1, 0.15) is 38.2 Å². The van der Waals surface area contributed by atoms with Crippen LogP contribution in [0.4, 0.5) is 5.69 Å². The first-order valence-electron chi connectivity index (χ1n) is 12.3. The highest BCUT2D eigenvalue weighted by Gasteiger charge is 2.37. The van der Waals surface area contributed by atoms with Gasteiger partial charge in [0.05, 0.1) is 11.3 Å². The van der Waals surface area contributed by atoms with Gasteiger partial charge in [-0.2, -0.15) is 0 Å². The minimum absolute atomic E-state index is 0.171. The van der Waals surface area contributed by atoms with E-state index < -0.39 is 5.60 Å². The van der Waals surface area contributed by atoms with Gasteiger partial charge in [-0.1, -0.05) is 40.2 Å². The second kappa shape index (κ2) is 11.2. The Bertz CT molecular complexity index is 952. The molecule has 2 aromatic carbocycles. The summed E-state index contributed by atoms with van der Waals surface area (Å²) in [7, 11) is 2.16. The molecule has 2 aromatic rings. The number of halogens is 1. The van der Waals surface area contributed by atoms with Crippen molar-refractivity contribution in [2.45, 2.75) is 44.4 Å². The smallest absolute Gasteiger partial charge is 0.153 e. The minimum Gasteiger partial charge on any atom is -0.473 e. The maximum Gasteiger partial charge on any atom is 0.153 e. The summed E-state index contributed by atoms with van der Waals surface area (Å²) in [6.45, 7) is 7.07. The third-order valence-corrected chi connectivity index (χ3v) is 7.66. The van der Waals surface area contributed by atoms with Crippen molar-refractivity contribution in [3.63, 3.8) is 0 Å². The molecule has 7 heteroatoms. The number of likely N-dealkylation sites (tertiary alicyclic amines) is 1. The molecule has 0 aromatic heterocycles. The Morgan fingerprint density at radius 1 is 1.03 bits per heavy atom. The normalized spacial score (nSPS) is 20.2. The van der Waals surface area contributed by atoms with Gasteiger partial charge in [0.2, 0.25) is 0 Å². The molecule has 0 spiro atoms. The molecular weight excluding hydrogens is 494 g/mol. The van der Waals surface area contributed by atoms with Gasteiger partial charge in [-0.05, 0) is 56.6 Å². The second-order valence-electron chi connectivity index (χ2n) is 9.65. The summed E-state index contributed by atoms with van der Waals surface area (Å²) in [6.07, 6.45) is 2.19. The topological polar surface area (TPSA) is 56.2 Å². The van der Waals surface area contributed by atoms with Gasteiger partial charge in [-0.25, -0.2) is 0 Å². The fourth-order valence-corrected chi connectivity index (χ4v) is 5.15. The molecule has 0 amide bonds. The Morgan fingerprint density at radius 3 is 2.32 bits per heavy atom. The van der Waals surface area contributed by atoms with E-state index in [9.17, 15) is 9.90 Å². The Balaban J connectivity index is 1.48. The largest absolute Gasteiger partial charge is 0.473 e. The number of benzene rings is 2. The Morgan fingerprint density at radius 2 is 1.68 bits per heavy atom. The van der Waals surface area contributed by atoms with Crippen LogP contribution in [0.2, 0.25) is 0 Å². The Hall–Kier alpha value is -1.93. The van der Waals surface area contributed by atoms with E-state index in [1.807, 2.05) is 36.4 Å². The van der Waals surface area contributed by atoms with Crippen LogP contribution in [0.15, 0.2) is 53.0 Å². The number of aliphatic hydroxyl groups is 1. The molecule has 2 saturated heterocycles. The fourth-order valence-electron chi connectivity index (χ4n) is 4.89. The molecule has 4 rings (SSSR count). The average molecular weight is 531 g/mol. The van der Waals surface area contributed by atoms with Gasteiger partial charge < -0.3 is 24.4 Å². The number of nitrogens with zero attached hydrogens (tertiary/aromatic N) is 3. The third-order valence-electron chi connectivity index (χ3n) is 7.13. The molecule has 0 aliphatic carbocycles. The van der Waals surface area contributed by atoms with Crippen molar-refractivity contribution in [1.29, 1.82) is 0 Å². The summed E-state index contributed by atoms with van der Waals surface area (Å²) < 4.78 is 7.64. The number of anilines is 1. The quantitative estimate of drug-likeness (QED) is 0.551. The van der Waals surface area contributed by atoms with Crippen LogP contribution in [-0.4, -0.2) is 73.2 Å². The van der Waals surface area contributed by atoms with Crippen molar-refractivity contribution in [3.8, 4) is 5.75 Å². The highest BCUT2D eigenvalue weighted by atomic mass is 79.9. The average Bonchev–Trinajstić information content (AvgIpc) is 2.83. The molecule has 2 fully saturated rings. The number of hydrogen-bond donors (Lipinski definition) is 1. The minimum atomic E-state index is -0.833. The molecule has 6 nitrogen and oxygen atoms in total. The highest BCUT2D eigenvalue weighted by Crippen LogP contribution is 2.36. The molecule has 0 bridgehead atoms. The number of carbonyl (C=O) groups is 1. The van der Waals surface area contributed by atoms with Gasteiger partial charge in [0, 0.05) is 56.6 Å². The van der Waals surface area contributed by atoms with Crippen molar-refractivity contribution < 1.29 is 14.6 Å². The first-order chi connectivity index (χ1) is 16.3. The lowest BCUT2D eigenvalue weighted by Crippen LogP contribution is -2.49. The van der Waals surface area contributed by atoms with E-state index in [1.165, 1.54) is 0 Å². The van der Waals surface area contributed by atoms with Crippen LogP contribution in [-0.2, 0) is 10.4 Å². The van der Waals surface area contributed by atoms with Gasteiger partial charge in [0.25, 0.3) is 0 Å². The SMILES string of the molecule is CC(=O)CCC(Oc1ccccc1N1CCN(C)CC1)N1CCC(O)(c2ccc(Br)cc2)CC1. The van der Waals surface area contributed by atoms with E-state index in [0.29, 0.717) is 38.8 Å². The monoisotopic (exact) mass is 529 g/mol. The van der Waals surface area contributed by atoms with Crippen molar-refractivity contribution in [1.82, 2.24) is 9.80 Å². The molecule has 2 aliphatic heterocycles. The van der Waals surface area contributed by atoms with Gasteiger partial charge in [0.15, 0.2) is 6.23 Å². The second-order valence-corrected chi connectivity index (χ2v) is 10.6. The number of Topliss-reactive ketones (excluding diaryl/α,β-unsaturated/α-hetero) is 1. The lowest BCUT2D eigenvalue weighted by molar-refractivity contribution is -0.118. The van der Waals surface area contributed by atoms with Crippen LogP contribution in [0, 0.1) is 0 Å². The van der Waals surface area contributed by atoms with Crippen molar-refractivity contribution >= 4 is 27.4 Å². The molecule has 0 radical (unpaired) electrons. The van der Waals surface area contributed by atoms with E-state index in [-0.39, 0.29) is 12.0 Å². The molecule has 1 unspecified atom stereocenters. The predicted octanol–water partition coefficient (Wildman–Crippen LogP) is 4.26. The fraction of sp³-hybridized carbons (Fsp3) is 0.519. The zero-order chi connectivity index (χ0) is 24.1. The lowest BCUT2D eigenvalue weighted by atomic mass is 9.84. The molecule has 0 saturated carbocycles. The number of ketones is 1. The lowest BCUT2D eigenvalue weighted by Gasteiger charge is -2.42. The molecule has 184 valence electrons. The van der Waals surface area contributed by atoms with Crippen molar-refractivity contribution in [2.24, 2.45) is 0 Å². The van der Waals surface area contributed by atoms with E-state index in [0.717, 1.165) is 47.7 Å². The van der Waals surface area contributed by atoms with E-state index >= 15 is 0 Å². The molecule has 34 heavy (non-hydrogen) atoms. The van der Waals surface area contributed by atoms with Crippen molar-refractivity contribution in [3.05, 3.63) is 58.6 Å². The van der Waals surface area contributed by atoms with Crippen LogP contribution in [0.25, 0.3) is 0 Å². The van der Waals surface area contributed by atoms with Gasteiger partial charge >= 0.3 is 0 Å². The predicted molar refractivity (Wildman–Crippen MR) is 139 cm³/mol.